The van der Waals surface area contributed by atoms with Crippen molar-refractivity contribution in [2.45, 2.75) is 31.2 Å². The molecule has 3 atom stereocenters. The fourth-order valence-electron chi connectivity index (χ4n) is 5.26. The molecule has 3 aromatic carbocycles. The van der Waals surface area contributed by atoms with Crippen LogP contribution in [0.4, 0.5) is 0 Å². The van der Waals surface area contributed by atoms with Gasteiger partial charge >= 0.3 is 5.97 Å². The second-order valence-electron chi connectivity index (χ2n) is 9.01. The molecule has 2 unspecified atom stereocenters. The van der Waals surface area contributed by atoms with Crippen molar-refractivity contribution >= 4 is 62.2 Å². The van der Waals surface area contributed by atoms with Crippen LogP contribution in [0.2, 0.25) is 0 Å². The second-order valence-corrected chi connectivity index (χ2v) is 10.3. The van der Waals surface area contributed by atoms with E-state index < -0.39 is 17.9 Å². The van der Waals surface area contributed by atoms with E-state index in [0.717, 1.165) is 50.2 Å². The molecule has 1 amide bonds. The first-order chi connectivity index (χ1) is 17.0. The van der Waals surface area contributed by atoms with Crippen LogP contribution < -0.4 is 5.32 Å². The number of aryl methyl sites for hydroxylation is 1. The largest absolute Gasteiger partial charge is 0.480 e. The summed E-state index contributed by atoms with van der Waals surface area (Å²) < 4.78 is 1.02. The number of nitrogens with one attached hydrogen (secondary N) is 1. The summed E-state index contributed by atoms with van der Waals surface area (Å²) in [5.74, 6) is -1.37. The minimum absolute atomic E-state index is 0.0210. The molecule has 7 heteroatoms. The van der Waals surface area contributed by atoms with E-state index in [4.69, 9.17) is 4.98 Å². The van der Waals surface area contributed by atoms with Gasteiger partial charge in [-0.2, -0.15) is 12.6 Å². The highest BCUT2D eigenvalue weighted by atomic mass is 79.9. The van der Waals surface area contributed by atoms with Crippen LogP contribution in [0.25, 0.3) is 21.8 Å². The van der Waals surface area contributed by atoms with Crippen molar-refractivity contribution in [1.29, 1.82) is 0 Å². The van der Waals surface area contributed by atoms with Crippen molar-refractivity contribution in [3.63, 3.8) is 0 Å². The molecule has 0 bridgehead atoms. The van der Waals surface area contributed by atoms with Gasteiger partial charge in [-0.1, -0.05) is 58.4 Å². The van der Waals surface area contributed by atoms with Gasteiger partial charge in [-0.3, -0.25) is 4.79 Å². The number of amides is 1. The third-order valence-corrected chi connectivity index (χ3v) is 7.86. The molecule has 1 aliphatic carbocycles. The van der Waals surface area contributed by atoms with Gasteiger partial charge in [-0.05, 0) is 59.7 Å². The Hall–Kier alpha value is -2.90. The number of benzene rings is 3. The molecule has 2 N–H and O–H groups in total. The van der Waals surface area contributed by atoms with E-state index in [2.05, 4.69) is 46.0 Å². The molecule has 35 heavy (non-hydrogen) atoms. The fourth-order valence-corrected chi connectivity index (χ4v) is 6.09. The van der Waals surface area contributed by atoms with Crippen LogP contribution in [-0.4, -0.2) is 33.8 Å². The molecule has 1 heterocycles. The molecule has 1 aromatic heterocycles. The lowest BCUT2D eigenvalue weighted by molar-refractivity contribution is -0.142. The first kappa shape index (κ1) is 23.8. The number of halogens is 1. The van der Waals surface area contributed by atoms with Gasteiger partial charge < -0.3 is 10.4 Å². The summed E-state index contributed by atoms with van der Waals surface area (Å²) in [5, 5.41) is 14.7. The molecular formula is C28H25BrN2O3S. The summed E-state index contributed by atoms with van der Waals surface area (Å²) in [7, 11) is 0. The molecule has 178 valence electrons. The maximum Gasteiger partial charge on any atom is 0.326 e. The molecule has 0 saturated carbocycles. The van der Waals surface area contributed by atoms with Crippen molar-refractivity contribution in [3.8, 4) is 0 Å². The number of carbonyl (C=O) groups excluding carboxylic acids is 1. The van der Waals surface area contributed by atoms with Crippen LogP contribution in [-0.2, 0) is 22.4 Å². The molecule has 0 radical (unpaired) electrons. The Bertz CT molecular complexity index is 1390. The highest BCUT2D eigenvalue weighted by Gasteiger charge is 2.35. The van der Waals surface area contributed by atoms with Crippen molar-refractivity contribution < 1.29 is 14.7 Å². The number of aliphatic carboxylic acids is 1. The van der Waals surface area contributed by atoms with Gasteiger partial charge in [-0.25, -0.2) is 9.78 Å². The topological polar surface area (TPSA) is 79.3 Å². The van der Waals surface area contributed by atoms with E-state index in [-0.39, 0.29) is 18.2 Å². The number of pyridine rings is 1. The molecule has 0 aliphatic heterocycles. The lowest BCUT2D eigenvalue weighted by atomic mass is 9.87. The quantitative estimate of drug-likeness (QED) is 0.209. The zero-order valence-electron chi connectivity index (χ0n) is 18.9. The zero-order valence-corrected chi connectivity index (χ0v) is 21.4. The first-order valence-electron chi connectivity index (χ1n) is 11.6. The number of rotatable bonds is 7. The Morgan fingerprint density at radius 1 is 1.06 bits per heavy atom. The van der Waals surface area contributed by atoms with Crippen LogP contribution >= 0.6 is 28.6 Å². The summed E-state index contributed by atoms with van der Waals surface area (Å²) in [5.41, 5.74) is 4.86. The summed E-state index contributed by atoms with van der Waals surface area (Å²) >= 11 is 8.00. The Morgan fingerprint density at radius 3 is 2.34 bits per heavy atom. The van der Waals surface area contributed by atoms with E-state index in [1.165, 1.54) is 5.56 Å². The summed E-state index contributed by atoms with van der Waals surface area (Å²) in [6.45, 7) is 0. The first-order valence-corrected chi connectivity index (χ1v) is 13.1. The molecule has 0 fully saturated rings. The lowest BCUT2D eigenvalue weighted by Gasteiger charge is -2.25. The molecular weight excluding hydrogens is 524 g/mol. The third-order valence-electron chi connectivity index (χ3n) is 6.97. The Morgan fingerprint density at radius 2 is 1.71 bits per heavy atom. The normalized spacial score (nSPS) is 16.7. The number of hydrogen-bond acceptors (Lipinski definition) is 4. The number of nitrogens with zero attached hydrogens (tertiary/aromatic N) is 1. The van der Waals surface area contributed by atoms with Crippen LogP contribution in [0.5, 0.6) is 0 Å². The Balaban J connectivity index is 1.45. The third kappa shape index (κ3) is 4.67. The average Bonchev–Trinajstić information content (AvgIpc) is 3.26. The molecule has 1 aliphatic rings. The van der Waals surface area contributed by atoms with Gasteiger partial charge in [-0.15, -0.1) is 0 Å². The molecule has 5 nitrogen and oxygen atoms in total. The number of thiol groups is 1. The van der Waals surface area contributed by atoms with Gasteiger partial charge in [0.2, 0.25) is 5.91 Å². The maximum atomic E-state index is 13.4. The molecule has 0 saturated heterocycles. The number of carboxylic acid groups (broad SMARTS) is 1. The minimum Gasteiger partial charge on any atom is -0.480 e. The van der Waals surface area contributed by atoms with Gasteiger partial charge in [0.15, 0.2) is 0 Å². The van der Waals surface area contributed by atoms with Crippen LogP contribution in [0.3, 0.4) is 0 Å². The highest BCUT2D eigenvalue weighted by molar-refractivity contribution is 9.10. The molecule has 4 aromatic rings. The van der Waals surface area contributed by atoms with Gasteiger partial charge in [0, 0.05) is 27.4 Å². The number of carbonyl (C=O) groups is 2. The van der Waals surface area contributed by atoms with Gasteiger partial charge in [0.25, 0.3) is 0 Å². The number of aromatic nitrogens is 1. The predicted octanol–water partition coefficient (Wildman–Crippen LogP) is 5.54. The molecule has 5 rings (SSSR count). The average molecular weight is 549 g/mol. The predicted molar refractivity (Wildman–Crippen MR) is 145 cm³/mol. The highest BCUT2D eigenvalue weighted by Crippen LogP contribution is 2.40. The van der Waals surface area contributed by atoms with E-state index in [1.807, 2.05) is 54.6 Å². The van der Waals surface area contributed by atoms with Gasteiger partial charge in [0.05, 0.1) is 17.0 Å². The second kappa shape index (κ2) is 9.99. The maximum absolute atomic E-state index is 13.4. The van der Waals surface area contributed by atoms with E-state index >= 15 is 0 Å². The standard InChI is InChI=1S/C28H25BrN2O3S/c29-17-10-12-18-16(13-17)9-11-19(18)23(15-35)27(32)31-26(28(33)34)14-22-20-5-1-3-7-24(20)30-25-8-4-2-6-21(22)25/h1-8,10,12-13,19,23,26,35H,9,11,14-15H2,(H,31,32)(H,33,34)/t19?,23?,26-/m0/s1. The minimum atomic E-state index is -1.06. The van der Waals surface area contributed by atoms with Crippen molar-refractivity contribution in [1.82, 2.24) is 10.3 Å². The number of carboxylic acids is 1. The summed E-state index contributed by atoms with van der Waals surface area (Å²) in [6, 6.07) is 20.5. The van der Waals surface area contributed by atoms with E-state index in [0.29, 0.717) is 5.75 Å². The van der Waals surface area contributed by atoms with Crippen molar-refractivity contribution in [2.75, 3.05) is 5.75 Å². The van der Waals surface area contributed by atoms with Crippen LogP contribution in [0.1, 0.15) is 29.0 Å². The Labute approximate surface area is 217 Å². The summed E-state index contributed by atoms with van der Waals surface area (Å²) in [4.78, 5) is 30.5. The van der Waals surface area contributed by atoms with Crippen LogP contribution in [0, 0.1) is 5.92 Å². The van der Waals surface area contributed by atoms with E-state index in [9.17, 15) is 14.7 Å². The van der Waals surface area contributed by atoms with Gasteiger partial charge in [0.1, 0.15) is 6.04 Å². The number of hydrogen-bond donors (Lipinski definition) is 3. The summed E-state index contributed by atoms with van der Waals surface area (Å²) in [6.07, 6.45) is 1.91. The fraction of sp³-hybridized carbons (Fsp3) is 0.250. The lowest BCUT2D eigenvalue weighted by Crippen LogP contribution is -2.46. The van der Waals surface area contributed by atoms with Crippen molar-refractivity contribution in [3.05, 3.63) is 87.9 Å². The number of fused-ring (bicyclic) bond motifs is 3. The van der Waals surface area contributed by atoms with E-state index in [1.54, 1.807) is 0 Å². The molecule has 0 spiro atoms. The van der Waals surface area contributed by atoms with Crippen LogP contribution in [0.15, 0.2) is 71.2 Å². The smallest absolute Gasteiger partial charge is 0.326 e. The SMILES string of the molecule is O=C(N[C@@H](Cc1c2ccccc2nc2ccccc12)C(=O)O)C(CS)C1CCc2cc(Br)ccc21. The number of para-hydroxylation sites is 2. The Kier molecular flexibility index (Phi) is 6.80. The van der Waals surface area contributed by atoms with Crippen molar-refractivity contribution in [2.24, 2.45) is 5.92 Å². The monoisotopic (exact) mass is 548 g/mol. The zero-order chi connectivity index (χ0) is 24.5.